The van der Waals surface area contributed by atoms with Gasteiger partial charge in [0.2, 0.25) is 0 Å². The van der Waals surface area contributed by atoms with Crippen molar-refractivity contribution in [2.45, 2.75) is 4.58 Å². The van der Waals surface area contributed by atoms with Gasteiger partial charge in [-0.3, -0.25) is 0 Å². The molecule has 76 valence electrons. The summed E-state index contributed by atoms with van der Waals surface area (Å²) in [6.45, 7) is 0. The summed E-state index contributed by atoms with van der Waals surface area (Å²) in [7, 11) is 1.56. The average molecular weight is 228 g/mol. The van der Waals surface area contributed by atoms with Crippen LogP contribution in [0.2, 0.25) is 0 Å². The van der Waals surface area contributed by atoms with E-state index in [2.05, 4.69) is 0 Å². The molecule has 1 aromatic carbocycles. The van der Waals surface area contributed by atoms with Gasteiger partial charge in [-0.25, -0.2) is 0 Å². The van der Waals surface area contributed by atoms with Gasteiger partial charge in [-0.2, -0.15) is 0 Å². The largest absolute Gasteiger partial charge is 0.504 e. The van der Waals surface area contributed by atoms with Crippen molar-refractivity contribution >= 4 is 23.5 Å². The normalized spacial score (nSPS) is 17.2. The van der Waals surface area contributed by atoms with E-state index in [4.69, 9.17) is 4.74 Å². The van der Waals surface area contributed by atoms with Gasteiger partial charge < -0.3 is 9.84 Å². The molecule has 0 aliphatic carbocycles. The molecule has 0 amide bonds. The SMILES string of the molecule is COc1ccc(C2SCCS2)cc1O. The molecule has 4 heteroatoms. The van der Waals surface area contributed by atoms with Gasteiger partial charge in [-0.15, -0.1) is 23.5 Å². The van der Waals surface area contributed by atoms with Crippen molar-refractivity contribution in [3.05, 3.63) is 23.8 Å². The first kappa shape index (κ1) is 10.1. The Balaban J connectivity index is 2.23. The molecule has 14 heavy (non-hydrogen) atoms. The van der Waals surface area contributed by atoms with Crippen LogP contribution in [-0.4, -0.2) is 23.7 Å². The van der Waals surface area contributed by atoms with E-state index < -0.39 is 0 Å². The van der Waals surface area contributed by atoms with E-state index >= 15 is 0 Å². The number of aromatic hydroxyl groups is 1. The third-order valence-corrected chi connectivity index (χ3v) is 5.20. The summed E-state index contributed by atoms with van der Waals surface area (Å²) in [5.41, 5.74) is 1.18. The van der Waals surface area contributed by atoms with E-state index in [9.17, 15) is 5.11 Å². The summed E-state index contributed by atoms with van der Waals surface area (Å²) in [5, 5.41) is 9.61. The minimum absolute atomic E-state index is 0.234. The molecule has 0 atom stereocenters. The highest BCUT2D eigenvalue weighted by Gasteiger charge is 2.19. The number of benzene rings is 1. The number of rotatable bonds is 2. The third-order valence-electron chi connectivity index (χ3n) is 2.10. The van der Waals surface area contributed by atoms with Crippen molar-refractivity contribution in [1.82, 2.24) is 0 Å². The minimum atomic E-state index is 0.234. The van der Waals surface area contributed by atoms with Crippen LogP contribution in [0.5, 0.6) is 11.5 Å². The molecule has 2 nitrogen and oxygen atoms in total. The van der Waals surface area contributed by atoms with Crippen LogP contribution in [0.4, 0.5) is 0 Å². The predicted octanol–water partition coefficient (Wildman–Crippen LogP) is 2.88. The van der Waals surface area contributed by atoms with E-state index in [-0.39, 0.29) is 5.75 Å². The second kappa shape index (κ2) is 4.36. The summed E-state index contributed by atoms with van der Waals surface area (Å²) in [4.78, 5) is 0. The van der Waals surface area contributed by atoms with Crippen LogP contribution < -0.4 is 4.74 Å². The summed E-state index contributed by atoms with van der Waals surface area (Å²) in [6.07, 6.45) is 0. The highest BCUT2D eigenvalue weighted by Crippen LogP contribution is 2.46. The van der Waals surface area contributed by atoms with Crippen LogP contribution in [0.1, 0.15) is 10.1 Å². The maximum absolute atomic E-state index is 9.61. The molecular formula is C10H12O2S2. The van der Waals surface area contributed by atoms with Crippen molar-refractivity contribution in [1.29, 1.82) is 0 Å². The fourth-order valence-corrected chi connectivity index (χ4v) is 4.24. The third kappa shape index (κ3) is 1.96. The van der Waals surface area contributed by atoms with Crippen LogP contribution in [0.3, 0.4) is 0 Å². The Morgan fingerprint density at radius 1 is 1.36 bits per heavy atom. The quantitative estimate of drug-likeness (QED) is 0.843. The van der Waals surface area contributed by atoms with Crippen molar-refractivity contribution in [3.8, 4) is 11.5 Å². The molecule has 0 unspecified atom stereocenters. The molecule has 0 saturated carbocycles. The molecular weight excluding hydrogens is 216 g/mol. The summed E-state index contributed by atoms with van der Waals surface area (Å²) in [5.74, 6) is 3.17. The predicted molar refractivity (Wildman–Crippen MR) is 62.3 cm³/mol. The van der Waals surface area contributed by atoms with Crippen molar-refractivity contribution in [3.63, 3.8) is 0 Å². The Morgan fingerprint density at radius 2 is 2.07 bits per heavy atom. The highest BCUT2D eigenvalue weighted by atomic mass is 32.2. The number of ether oxygens (including phenoxy) is 1. The highest BCUT2D eigenvalue weighted by molar-refractivity contribution is 8.19. The number of phenolic OH excluding ortho intramolecular Hbond substituents is 1. The molecule has 1 aromatic rings. The van der Waals surface area contributed by atoms with Gasteiger partial charge in [0.25, 0.3) is 0 Å². The van der Waals surface area contributed by atoms with E-state index in [0.29, 0.717) is 10.3 Å². The van der Waals surface area contributed by atoms with Crippen LogP contribution in [0.25, 0.3) is 0 Å². The van der Waals surface area contributed by atoms with Crippen LogP contribution in [0, 0.1) is 0 Å². The molecule has 0 radical (unpaired) electrons. The number of thioether (sulfide) groups is 2. The zero-order valence-electron chi connectivity index (χ0n) is 7.90. The van der Waals surface area contributed by atoms with Crippen LogP contribution in [-0.2, 0) is 0 Å². The van der Waals surface area contributed by atoms with Gasteiger partial charge in [0, 0.05) is 11.5 Å². The first-order valence-electron chi connectivity index (χ1n) is 4.41. The number of methoxy groups -OCH3 is 1. The second-order valence-corrected chi connectivity index (χ2v) is 5.73. The fourth-order valence-electron chi connectivity index (χ4n) is 1.40. The maximum atomic E-state index is 9.61. The molecule has 0 bridgehead atoms. The van der Waals surface area contributed by atoms with E-state index in [1.54, 1.807) is 13.2 Å². The molecule has 1 fully saturated rings. The second-order valence-electron chi connectivity index (χ2n) is 3.00. The molecule has 1 N–H and O–H groups in total. The zero-order chi connectivity index (χ0) is 9.97. The Labute approximate surface area is 92.0 Å². The summed E-state index contributed by atoms with van der Waals surface area (Å²) in [6, 6.07) is 5.65. The molecule has 0 aromatic heterocycles. The Morgan fingerprint density at radius 3 is 2.64 bits per heavy atom. The lowest BCUT2D eigenvalue weighted by atomic mass is 10.2. The minimum Gasteiger partial charge on any atom is -0.504 e. The molecule has 1 saturated heterocycles. The van der Waals surface area contributed by atoms with Gasteiger partial charge in [0.15, 0.2) is 11.5 Å². The van der Waals surface area contributed by atoms with Crippen molar-refractivity contribution in [2.75, 3.05) is 18.6 Å². The average Bonchev–Trinajstić information content (AvgIpc) is 2.70. The van der Waals surface area contributed by atoms with E-state index in [1.165, 1.54) is 17.1 Å². The first-order chi connectivity index (χ1) is 6.81. The lowest BCUT2D eigenvalue weighted by Crippen LogP contribution is -1.88. The number of phenols is 1. The fraction of sp³-hybridized carbons (Fsp3) is 0.400. The van der Waals surface area contributed by atoms with Gasteiger partial charge in [0.1, 0.15) is 0 Å². The number of hydrogen-bond donors (Lipinski definition) is 1. The van der Waals surface area contributed by atoms with Gasteiger partial charge in [-0.05, 0) is 17.7 Å². The Kier molecular flexibility index (Phi) is 3.13. The van der Waals surface area contributed by atoms with Crippen molar-refractivity contribution < 1.29 is 9.84 Å². The van der Waals surface area contributed by atoms with Gasteiger partial charge in [0.05, 0.1) is 11.7 Å². The zero-order valence-corrected chi connectivity index (χ0v) is 9.53. The van der Waals surface area contributed by atoms with E-state index in [0.717, 1.165) is 0 Å². The summed E-state index contributed by atoms with van der Waals surface area (Å²) >= 11 is 3.86. The lowest BCUT2D eigenvalue weighted by Gasteiger charge is -2.10. The summed E-state index contributed by atoms with van der Waals surface area (Å²) < 4.78 is 5.48. The molecule has 2 rings (SSSR count). The van der Waals surface area contributed by atoms with Gasteiger partial charge in [-0.1, -0.05) is 6.07 Å². The van der Waals surface area contributed by atoms with E-state index in [1.807, 2.05) is 35.7 Å². The topological polar surface area (TPSA) is 29.5 Å². The Bertz CT molecular complexity index is 322. The maximum Gasteiger partial charge on any atom is 0.160 e. The standard InChI is InChI=1S/C10H12O2S2/c1-12-9-3-2-7(6-8(9)11)10-13-4-5-14-10/h2-3,6,10-11H,4-5H2,1H3. The number of hydrogen-bond acceptors (Lipinski definition) is 4. The van der Waals surface area contributed by atoms with Crippen LogP contribution >= 0.6 is 23.5 Å². The Hall–Kier alpha value is -0.480. The molecule has 0 spiro atoms. The van der Waals surface area contributed by atoms with Gasteiger partial charge >= 0.3 is 0 Å². The lowest BCUT2D eigenvalue weighted by molar-refractivity contribution is 0.373. The monoisotopic (exact) mass is 228 g/mol. The molecule has 1 heterocycles. The molecule has 1 aliphatic heterocycles. The smallest absolute Gasteiger partial charge is 0.160 e. The van der Waals surface area contributed by atoms with Crippen molar-refractivity contribution in [2.24, 2.45) is 0 Å². The molecule has 1 aliphatic rings. The first-order valence-corrected chi connectivity index (χ1v) is 6.51. The van der Waals surface area contributed by atoms with Crippen LogP contribution in [0.15, 0.2) is 18.2 Å².